The Bertz CT molecular complexity index is 405. The van der Waals surface area contributed by atoms with Crippen LogP contribution < -0.4 is 10.1 Å². The van der Waals surface area contributed by atoms with Gasteiger partial charge >= 0.3 is 5.97 Å². The van der Waals surface area contributed by atoms with E-state index in [1.807, 2.05) is 31.2 Å². The van der Waals surface area contributed by atoms with Gasteiger partial charge in [0.2, 0.25) is 0 Å². The summed E-state index contributed by atoms with van der Waals surface area (Å²) in [6.45, 7) is 2.15. The van der Waals surface area contributed by atoms with Crippen LogP contribution in [0.3, 0.4) is 0 Å². The zero-order chi connectivity index (χ0) is 12.3. The van der Waals surface area contributed by atoms with Gasteiger partial charge in [-0.15, -0.1) is 0 Å². The van der Waals surface area contributed by atoms with Gasteiger partial charge in [0.1, 0.15) is 18.0 Å². The largest absolute Gasteiger partial charge is 0.487 e. The minimum absolute atomic E-state index is 0.106. The lowest BCUT2D eigenvalue weighted by Gasteiger charge is -2.31. The van der Waals surface area contributed by atoms with E-state index in [1.165, 1.54) is 0 Å². The second kappa shape index (κ2) is 5.19. The van der Waals surface area contributed by atoms with Crippen molar-refractivity contribution in [3.05, 3.63) is 29.8 Å². The summed E-state index contributed by atoms with van der Waals surface area (Å²) in [5.41, 5.74) is 1.09. The van der Waals surface area contributed by atoms with Crippen molar-refractivity contribution in [2.75, 3.05) is 13.6 Å². The summed E-state index contributed by atoms with van der Waals surface area (Å²) in [6, 6.07) is 7.85. The van der Waals surface area contributed by atoms with Crippen LogP contribution in [0.25, 0.3) is 0 Å². The highest BCUT2D eigenvalue weighted by molar-refractivity contribution is 5.71. The molecule has 1 heterocycles. The smallest absolute Gasteiger partial charge is 0.320 e. The number of nitrogens with one attached hydrogen (secondary N) is 1. The third-order valence-electron chi connectivity index (χ3n) is 2.83. The summed E-state index contributed by atoms with van der Waals surface area (Å²) in [7, 11) is 1.72. The van der Waals surface area contributed by atoms with Crippen LogP contribution in [-0.2, 0) is 16.0 Å². The van der Waals surface area contributed by atoms with Gasteiger partial charge in [-0.3, -0.25) is 4.79 Å². The van der Waals surface area contributed by atoms with Crippen LogP contribution in [0.4, 0.5) is 0 Å². The maximum absolute atomic E-state index is 11.4. The fourth-order valence-electron chi connectivity index (χ4n) is 1.94. The molecule has 2 atom stereocenters. The number of rotatable bonds is 3. The van der Waals surface area contributed by atoms with Crippen LogP contribution in [0.15, 0.2) is 24.3 Å². The van der Waals surface area contributed by atoms with Crippen LogP contribution >= 0.6 is 0 Å². The van der Waals surface area contributed by atoms with Gasteiger partial charge in [-0.1, -0.05) is 18.2 Å². The molecular formula is C13H17NO3. The number of carbonyl (C=O) groups is 1. The molecule has 17 heavy (non-hydrogen) atoms. The molecule has 0 spiro atoms. The molecule has 4 nitrogen and oxygen atoms in total. The van der Waals surface area contributed by atoms with Gasteiger partial charge in [-0.25, -0.2) is 0 Å². The van der Waals surface area contributed by atoms with E-state index in [1.54, 1.807) is 7.05 Å². The van der Waals surface area contributed by atoms with E-state index in [4.69, 9.17) is 9.47 Å². The number of para-hydroxylation sites is 1. The van der Waals surface area contributed by atoms with Crippen molar-refractivity contribution in [1.29, 1.82) is 0 Å². The quantitative estimate of drug-likeness (QED) is 0.798. The second-order valence-corrected chi connectivity index (χ2v) is 4.19. The lowest BCUT2D eigenvalue weighted by atomic mass is 10.0. The third kappa shape index (κ3) is 2.77. The highest BCUT2D eigenvalue weighted by Crippen LogP contribution is 2.28. The van der Waals surface area contributed by atoms with Gasteiger partial charge in [0.15, 0.2) is 0 Å². The average Bonchev–Trinajstić information content (AvgIpc) is 2.30. The van der Waals surface area contributed by atoms with Crippen molar-refractivity contribution in [3.8, 4) is 5.75 Å². The molecule has 1 N–H and O–H groups in total. The molecule has 92 valence electrons. The van der Waals surface area contributed by atoms with Gasteiger partial charge < -0.3 is 14.8 Å². The van der Waals surface area contributed by atoms with Crippen molar-refractivity contribution in [2.45, 2.75) is 25.6 Å². The van der Waals surface area contributed by atoms with Crippen molar-refractivity contribution in [3.63, 3.8) is 0 Å². The second-order valence-electron chi connectivity index (χ2n) is 4.19. The summed E-state index contributed by atoms with van der Waals surface area (Å²) in [5, 5.41) is 2.78. The lowest BCUT2D eigenvalue weighted by Crippen LogP contribution is -2.40. The maximum Gasteiger partial charge on any atom is 0.320 e. The summed E-state index contributed by atoms with van der Waals surface area (Å²) < 4.78 is 11.1. The Morgan fingerprint density at radius 2 is 2.29 bits per heavy atom. The monoisotopic (exact) mass is 235 g/mol. The minimum Gasteiger partial charge on any atom is -0.487 e. The number of ether oxygens (including phenoxy) is 2. The summed E-state index contributed by atoms with van der Waals surface area (Å²) in [4.78, 5) is 11.4. The molecule has 1 aromatic rings. The molecule has 0 aliphatic carbocycles. The molecule has 1 aromatic carbocycles. The Labute approximate surface area is 101 Å². The number of hydrogen-bond donors (Lipinski definition) is 1. The van der Waals surface area contributed by atoms with Gasteiger partial charge in [0.25, 0.3) is 0 Å². The molecule has 0 saturated heterocycles. The van der Waals surface area contributed by atoms with Crippen LogP contribution in [-0.4, -0.2) is 31.8 Å². The molecule has 0 radical (unpaired) electrons. The van der Waals surface area contributed by atoms with E-state index in [9.17, 15) is 4.79 Å². The molecule has 1 aliphatic heterocycles. The van der Waals surface area contributed by atoms with Gasteiger partial charge in [-0.05, 0) is 25.6 Å². The van der Waals surface area contributed by atoms with Crippen LogP contribution in [0.2, 0.25) is 0 Å². The number of carbonyl (C=O) groups excluding carboxylic acids is 1. The van der Waals surface area contributed by atoms with Gasteiger partial charge in [0, 0.05) is 6.42 Å². The Morgan fingerprint density at radius 3 is 3.06 bits per heavy atom. The molecule has 0 amide bonds. The van der Waals surface area contributed by atoms with E-state index >= 15 is 0 Å². The summed E-state index contributed by atoms with van der Waals surface area (Å²) in [6.07, 6.45) is 0.406. The van der Waals surface area contributed by atoms with Crippen molar-refractivity contribution in [2.24, 2.45) is 0 Å². The summed E-state index contributed by atoms with van der Waals surface area (Å²) >= 11 is 0. The minimum atomic E-state index is -0.243. The maximum atomic E-state index is 11.4. The van der Waals surface area contributed by atoms with E-state index in [-0.39, 0.29) is 24.7 Å². The van der Waals surface area contributed by atoms with Crippen LogP contribution in [0.5, 0.6) is 5.75 Å². The molecule has 0 aromatic heterocycles. The molecular weight excluding hydrogens is 218 g/mol. The number of benzene rings is 1. The Balaban J connectivity index is 2.04. The zero-order valence-electron chi connectivity index (χ0n) is 10.1. The normalized spacial score (nSPS) is 22.5. The summed E-state index contributed by atoms with van der Waals surface area (Å²) in [5.74, 6) is 0.647. The van der Waals surface area contributed by atoms with Crippen molar-refractivity contribution >= 4 is 5.97 Å². The molecule has 4 heteroatoms. The molecule has 2 unspecified atom stereocenters. The number of likely N-dealkylation sites (N-methyl/N-ethyl adjacent to an activating group) is 1. The predicted molar refractivity (Wildman–Crippen MR) is 64.0 cm³/mol. The molecule has 0 bridgehead atoms. The Kier molecular flexibility index (Phi) is 3.64. The van der Waals surface area contributed by atoms with Crippen LogP contribution in [0.1, 0.15) is 12.5 Å². The number of fused-ring (bicyclic) bond motifs is 1. The molecule has 0 saturated carbocycles. The van der Waals surface area contributed by atoms with Gasteiger partial charge in [-0.2, -0.15) is 0 Å². The van der Waals surface area contributed by atoms with E-state index in [2.05, 4.69) is 5.32 Å². The fourth-order valence-corrected chi connectivity index (χ4v) is 1.94. The van der Waals surface area contributed by atoms with Crippen molar-refractivity contribution < 1.29 is 14.3 Å². The first-order valence-corrected chi connectivity index (χ1v) is 5.79. The average molecular weight is 235 g/mol. The topological polar surface area (TPSA) is 47.6 Å². The van der Waals surface area contributed by atoms with E-state index < -0.39 is 0 Å². The van der Waals surface area contributed by atoms with Gasteiger partial charge in [0.05, 0.1) is 6.54 Å². The first kappa shape index (κ1) is 11.9. The predicted octanol–water partition coefficient (Wildman–Crippen LogP) is 1.14. The van der Waals surface area contributed by atoms with Crippen molar-refractivity contribution in [1.82, 2.24) is 5.32 Å². The molecule has 2 rings (SSSR count). The fraction of sp³-hybridized carbons (Fsp3) is 0.462. The Morgan fingerprint density at radius 1 is 1.53 bits per heavy atom. The highest BCUT2D eigenvalue weighted by Gasteiger charge is 2.29. The Hall–Kier alpha value is -1.55. The lowest BCUT2D eigenvalue weighted by molar-refractivity contribution is -0.153. The standard InChI is InChI=1S/C13H17NO3/c1-9-12(17-13(15)8-14-2)7-10-5-3-4-6-11(10)16-9/h3-6,9,12,14H,7-8H2,1-2H3. The van der Waals surface area contributed by atoms with E-state index in [0.717, 1.165) is 11.3 Å². The molecule has 1 aliphatic rings. The zero-order valence-corrected chi connectivity index (χ0v) is 10.1. The number of esters is 1. The highest BCUT2D eigenvalue weighted by atomic mass is 16.6. The first-order chi connectivity index (χ1) is 8.20. The first-order valence-electron chi connectivity index (χ1n) is 5.79. The van der Waals surface area contributed by atoms with Crippen LogP contribution in [0, 0.1) is 0 Å². The third-order valence-corrected chi connectivity index (χ3v) is 2.83. The number of hydrogen-bond acceptors (Lipinski definition) is 4. The van der Waals surface area contributed by atoms with E-state index in [0.29, 0.717) is 6.42 Å². The molecule has 0 fully saturated rings. The SMILES string of the molecule is CNCC(=O)OC1Cc2ccccc2OC1C.